The first-order chi connectivity index (χ1) is 16.9. The first-order valence-corrected chi connectivity index (χ1v) is 12.3. The second-order valence-corrected chi connectivity index (χ2v) is 9.56. The molecule has 1 aromatic carbocycles. The minimum atomic E-state index is -0.484. The number of nitrogens with zero attached hydrogens (tertiary/aromatic N) is 4. The molecule has 1 aliphatic rings. The van der Waals surface area contributed by atoms with Crippen molar-refractivity contribution in [3.63, 3.8) is 0 Å². The van der Waals surface area contributed by atoms with E-state index < -0.39 is 5.82 Å². The molecule has 3 aromatic rings. The molecule has 35 heavy (non-hydrogen) atoms. The molecule has 0 atom stereocenters. The summed E-state index contributed by atoms with van der Waals surface area (Å²) in [5.41, 5.74) is 1.74. The fourth-order valence-electron chi connectivity index (χ4n) is 3.85. The van der Waals surface area contributed by atoms with Crippen LogP contribution in [0.4, 0.5) is 15.9 Å². The van der Waals surface area contributed by atoms with Crippen LogP contribution in [0, 0.1) is 5.82 Å². The molecule has 0 unspecified atom stereocenters. The van der Waals surface area contributed by atoms with E-state index in [0.29, 0.717) is 44.2 Å². The quantitative estimate of drug-likeness (QED) is 0.354. The Labute approximate surface area is 211 Å². The van der Waals surface area contributed by atoms with E-state index in [1.165, 1.54) is 29.8 Å². The average Bonchev–Trinajstić information content (AvgIpc) is 3.20. The fraction of sp³-hybridized carbons (Fsp3) is 0.333. The van der Waals surface area contributed by atoms with Crippen LogP contribution in [-0.4, -0.2) is 64.9 Å². The number of benzene rings is 1. The maximum absolute atomic E-state index is 13.5. The highest BCUT2D eigenvalue weighted by Crippen LogP contribution is 2.38. The Kier molecular flexibility index (Phi) is 7.94. The Morgan fingerprint density at radius 1 is 1.37 bits per heavy atom. The number of aromatic nitrogens is 2. The zero-order chi connectivity index (χ0) is 24.9. The molecule has 184 valence electrons. The van der Waals surface area contributed by atoms with E-state index in [-0.39, 0.29) is 23.4 Å². The standard InChI is InChI=1S/C24H25ClFN5O3S/c1-3-34-21(33)13-30(2)9-4-5-20(32)31-10-8-16-19(12-31)35-24-22(16)23(27-14-28-24)29-15-6-7-18(26)17(25)11-15/h4-7,11,14H,3,8-10,12-13H2,1-2H3,(H,27,28,29). The van der Waals surface area contributed by atoms with E-state index in [1.54, 1.807) is 42.0 Å². The van der Waals surface area contributed by atoms with Crippen LogP contribution in [0.25, 0.3) is 10.2 Å². The number of rotatable bonds is 8. The van der Waals surface area contributed by atoms with E-state index in [2.05, 4.69) is 15.3 Å². The van der Waals surface area contributed by atoms with Gasteiger partial charge in [0.15, 0.2) is 0 Å². The molecule has 0 bridgehead atoms. The molecule has 3 heterocycles. The summed E-state index contributed by atoms with van der Waals surface area (Å²) in [5, 5.41) is 4.16. The first-order valence-electron chi connectivity index (χ1n) is 11.1. The predicted octanol–water partition coefficient (Wildman–Crippen LogP) is 4.16. The van der Waals surface area contributed by atoms with E-state index in [1.807, 2.05) is 0 Å². The lowest BCUT2D eigenvalue weighted by atomic mass is 10.0. The number of carbonyl (C=O) groups is 2. The van der Waals surface area contributed by atoms with Gasteiger partial charge >= 0.3 is 5.97 Å². The summed E-state index contributed by atoms with van der Waals surface area (Å²) in [6.07, 6.45) is 5.45. The van der Waals surface area contributed by atoms with E-state index >= 15 is 0 Å². The van der Waals surface area contributed by atoms with Gasteiger partial charge in [-0.1, -0.05) is 17.7 Å². The largest absolute Gasteiger partial charge is 0.465 e. The highest BCUT2D eigenvalue weighted by molar-refractivity contribution is 7.19. The lowest BCUT2D eigenvalue weighted by molar-refractivity contribution is -0.143. The molecule has 1 aliphatic heterocycles. The number of anilines is 2. The monoisotopic (exact) mass is 517 g/mol. The molecule has 4 rings (SSSR count). The summed E-state index contributed by atoms with van der Waals surface area (Å²) in [7, 11) is 1.79. The Balaban J connectivity index is 1.44. The number of carbonyl (C=O) groups excluding carboxylic acids is 2. The molecule has 0 spiro atoms. The lowest BCUT2D eigenvalue weighted by Gasteiger charge is -2.26. The minimum Gasteiger partial charge on any atom is -0.465 e. The van der Waals surface area contributed by atoms with Crippen LogP contribution in [0.15, 0.2) is 36.7 Å². The summed E-state index contributed by atoms with van der Waals surface area (Å²) in [4.78, 5) is 38.6. The van der Waals surface area contributed by atoms with Gasteiger partial charge in [-0.25, -0.2) is 14.4 Å². The van der Waals surface area contributed by atoms with Gasteiger partial charge < -0.3 is 15.0 Å². The molecular weight excluding hydrogens is 493 g/mol. The second kappa shape index (κ2) is 11.1. The van der Waals surface area contributed by atoms with Crippen LogP contribution < -0.4 is 5.32 Å². The van der Waals surface area contributed by atoms with Gasteiger partial charge in [0.1, 0.15) is 22.8 Å². The van der Waals surface area contributed by atoms with Gasteiger partial charge in [-0.05, 0) is 44.2 Å². The molecule has 2 aromatic heterocycles. The summed E-state index contributed by atoms with van der Waals surface area (Å²) in [6.45, 7) is 3.80. The molecule has 1 N–H and O–H groups in total. The van der Waals surface area contributed by atoms with Crippen molar-refractivity contribution < 1.29 is 18.7 Å². The molecule has 11 heteroatoms. The maximum atomic E-state index is 13.5. The number of nitrogens with one attached hydrogen (secondary N) is 1. The SMILES string of the molecule is CCOC(=O)CN(C)CC=CC(=O)N1CCc2c(sc3ncnc(Nc4ccc(F)c(Cl)c4)c23)C1. The van der Waals surface area contributed by atoms with Crippen LogP contribution in [0.3, 0.4) is 0 Å². The zero-order valence-electron chi connectivity index (χ0n) is 19.4. The molecule has 0 saturated heterocycles. The van der Waals surface area contributed by atoms with Crippen molar-refractivity contribution in [1.29, 1.82) is 0 Å². The third-order valence-corrected chi connectivity index (χ3v) is 6.93. The third kappa shape index (κ3) is 5.95. The number of amides is 1. The highest BCUT2D eigenvalue weighted by atomic mass is 35.5. The van der Waals surface area contributed by atoms with Crippen LogP contribution in [-0.2, 0) is 27.3 Å². The molecular formula is C24H25ClFN5O3S. The summed E-state index contributed by atoms with van der Waals surface area (Å²) >= 11 is 7.45. The van der Waals surface area contributed by atoms with Crippen molar-refractivity contribution in [1.82, 2.24) is 19.8 Å². The van der Waals surface area contributed by atoms with Gasteiger partial charge in [-0.15, -0.1) is 11.3 Å². The van der Waals surface area contributed by atoms with Crippen molar-refractivity contribution in [3.8, 4) is 0 Å². The van der Waals surface area contributed by atoms with E-state index in [4.69, 9.17) is 16.3 Å². The third-order valence-electron chi connectivity index (χ3n) is 5.51. The van der Waals surface area contributed by atoms with Gasteiger partial charge in [-0.2, -0.15) is 0 Å². The van der Waals surface area contributed by atoms with Crippen molar-refractivity contribution in [2.75, 3.05) is 38.6 Å². The van der Waals surface area contributed by atoms with Gasteiger partial charge in [0.25, 0.3) is 0 Å². The number of esters is 1. The number of hydrogen-bond donors (Lipinski definition) is 1. The summed E-state index contributed by atoms with van der Waals surface area (Å²) < 4.78 is 18.5. The Morgan fingerprint density at radius 3 is 2.97 bits per heavy atom. The van der Waals surface area contributed by atoms with Gasteiger partial charge in [-0.3, -0.25) is 14.5 Å². The Bertz CT molecular complexity index is 1280. The molecule has 0 saturated carbocycles. The predicted molar refractivity (Wildman–Crippen MR) is 134 cm³/mol. The van der Waals surface area contributed by atoms with Crippen molar-refractivity contribution >= 4 is 56.5 Å². The van der Waals surface area contributed by atoms with Crippen LogP contribution in [0.1, 0.15) is 17.4 Å². The number of halogens is 2. The first kappa shape index (κ1) is 25.0. The lowest BCUT2D eigenvalue weighted by Crippen LogP contribution is -2.34. The Morgan fingerprint density at radius 2 is 2.20 bits per heavy atom. The van der Waals surface area contributed by atoms with Crippen molar-refractivity contribution in [3.05, 3.63) is 58.0 Å². The number of likely N-dealkylation sites (N-methyl/N-ethyl adjacent to an activating group) is 1. The van der Waals surface area contributed by atoms with Crippen molar-refractivity contribution in [2.24, 2.45) is 0 Å². The van der Waals surface area contributed by atoms with Gasteiger partial charge in [0, 0.05) is 29.7 Å². The Hall–Kier alpha value is -3.08. The molecule has 0 aliphatic carbocycles. The minimum absolute atomic E-state index is 0.0296. The number of thiophene rings is 1. The molecule has 8 nitrogen and oxygen atoms in total. The smallest absolute Gasteiger partial charge is 0.320 e. The summed E-state index contributed by atoms with van der Waals surface area (Å²) in [6, 6.07) is 4.42. The topological polar surface area (TPSA) is 87.7 Å². The van der Waals surface area contributed by atoms with Crippen LogP contribution in [0.2, 0.25) is 5.02 Å². The van der Waals surface area contributed by atoms with Crippen LogP contribution >= 0.6 is 22.9 Å². The number of hydrogen-bond acceptors (Lipinski definition) is 8. The molecule has 0 fully saturated rings. The van der Waals surface area contributed by atoms with Crippen LogP contribution in [0.5, 0.6) is 0 Å². The maximum Gasteiger partial charge on any atom is 0.320 e. The van der Waals surface area contributed by atoms with Crippen molar-refractivity contribution in [2.45, 2.75) is 19.9 Å². The average molecular weight is 518 g/mol. The highest BCUT2D eigenvalue weighted by Gasteiger charge is 2.25. The van der Waals surface area contributed by atoms with Gasteiger partial charge in [0.05, 0.1) is 30.1 Å². The molecule has 0 radical (unpaired) electrons. The second-order valence-electron chi connectivity index (χ2n) is 8.07. The zero-order valence-corrected chi connectivity index (χ0v) is 21.0. The van der Waals surface area contributed by atoms with E-state index in [9.17, 15) is 14.0 Å². The van der Waals surface area contributed by atoms with E-state index in [0.717, 1.165) is 20.7 Å². The summed E-state index contributed by atoms with van der Waals surface area (Å²) in [5.74, 6) is -0.229. The number of ether oxygens (including phenoxy) is 1. The molecule has 1 amide bonds. The number of fused-ring (bicyclic) bond motifs is 3. The van der Waals surface area contributed by atoms with Gasteiger partial charge in [0.2, 0.25) is 5.91 Å². The fourth-order valence-corrected chi connectivity index (χ4v) is 5.24. The normalized spacial score (nSPS) is 13.5.